The Kier molecular flexibility index (Phi) is 3.20. The van der Waals surface area contributed by atoms with Crippen LogP contribution < -0.4 is 4.74 Å². The molecule has 1 aromatic heterocycles. The molecule has 0 aliphatic rings. The molecule has 0 aliphatic heterocycles. The lowest BCUT2D eigenvalue weighted by Gasteiger charge is -2.05. The standard InChI is InChI=1S/C16H11ClO3/c1-19-15-8-10(6-7-13(15)17)16(18)12-9-20-14-5-3-2-4-11(12)14/h2-9H,1H3. The van der Waals surface area contributed by atoms with E-state index in [9.17, 15) is 4.79 Å². The van der Waals surface area contributed by atoms with Crippen molar-refractivity contribution in [3.63, 3.8) is 0 Å². The summed E-state index contributed by atoms with van der Waals surface area (Å²) in [6.07, 6.45) is 1.48. The SMILES string of the molecule is COc1cc(C(=O)c2coc3ccccc23)ccc1Cl. The van der Waals surface area contributed by atoms with Crippen molar-refractivity contribution in [1.82, 2.24) is 0 Å². The number of hydrogen-bond acceptors (Lipinski definition) is 3. The third-order valence-corrected chi connectivity index (χ3v) is 3.45. The maximum Gasteiger partial charge on any atom is 0.197 e. The van der Waals surface area contributed by atoms with Gasteiger partial charge < -0.3 is 9.15 Å². The molecule has 4 heteroatoms. The smallest absolute Gasteiger partial charge is 0.197 e. The molecule has 0 N–H and O–H groups in total. The molecule has 0 saturated carbocycles. The Hall–Kier alpha value is -2.26. The summed E-state index contributed by atoms with van der Waals surface area (Å²) in [6, 6.07) is 12.4. The summed E-state index contributed by atoms with van der Waals surface area (Å²) in [5.74, 6) is 0.357. The summed E-state index contributed by atoms with van der Waals surface area (Å²) in [4.78, 5) is 12.5. The summed E-state index contributed by atoms with van der Waals surface area (Å²) in [5, 5.41) is 1.27. The fourth-order valence-electron chi connectivity index (χ4n) is 2.11. The van der Waals surface area contributed by atoms with Gasteiger partial charge in [0.15, 0.2) is 5.78 Å². The van der Waals surface area contributed by atoms with Crippen LogP contribution in [0.2, 0.25) is 5.02 Å². The van der Waals surface area contributed by atoms with Crippen LogP contribution in [0.25, 0.3) is 11.0 Å². The van der Waals surface area contributed by atoms with Crippen molar-refractivity contribution < 1.29 is 13.9 Å². The van der Waals surface area contributed by atoms with E-state index >= 15 is 0 Å². The topological polar surface area (TPSA) is 39.4 Å². The molecule has 3 aromatic rings. The third-order valence-electron chi connectivity index (χ3n) is 3.14. The van der Waals surface area contributed by atoms with Crippen molar-refractivity contribution in [3.05, 3.63) is 64.9 Å². The second-order valence-corrected chi connectivity index (χ2v) is 4.73. The molecule has 100 valence electrons. The van der Waals surface area contributed by atoms with Gasteiger partial charge >= 0.3 is 0 Å². The molecule has 0 amide bonds. The van der Waals surface area contributed by atoms with E-state index in [0.29, 0.717) is 27.5 Å². The average molecular weight is 287 g/mol. The van der Waals surface area contributed by atoms with E-state index in [1.807, 2.05) is 24.3 Å². The number of carbonyl (C=O) groups excluding carboxylic acids is 1. The Labute approximate surface area is 120 Å². The Morgan fingerprint density at radius 1 is 1.20 bits per heavy atom. The van der Waals surface area contributed by atoms with Gasteiger partial charge in [-0.2, -0.15) is 0 Å². The molecule has 0 saturated heterocycles. The van der Waals surface area contributed by atoms with Gasteiger partial charge in [-0.3, -0.25) is 4.79 Å². The maximum atomic E-state index is 12.5. The largest absolute Gasteiger partial charge is 0.495 e. The molecular formula is C16H11ClO3. The predicted molar refractivity (Wildman–Crippen MR) is 77.7 cm³/mol. The summed E-state index contributed by atoms with van der Waals surface area (Å²) >= 11 is 5.97. The van der Waals surface area contributed by atoms with E-state index in [-0.39, 0.29) is 5.78 Å². The fraction of sp³-hybridized carbons (Fsp3) is 0.0625. The van der Waals surface area contributed by atoms with Crippen LogP contribution in [0.3, 0.4) is 0 Å². The maximum absolute atomic E-state index is 12.5. The van der Waals surface area contributed by atoms with Crippen LogP contribution in [0.1, 0.15) is 15.9 Å². The van der Waals surface area contributed by atoms with Crippen molar-refractivity contribution in [2.45, 2.75) is 0 Å². The van der Waals surface area contributed by atoms with Crippen LogP contribution >= 0.6 is 11.6 Å². The Balaban J connectivity index is 2.08. The highest BCUT2D eigenvalue weighted by atomic mass is 35.5. The molecule has 3 rings (SSSR count). The summed E-state index contributed by atoms with van der Waals surface area (Å²) < 4.78 is 10.5. The molecule has 0 atom stereocenters. The lowest BCUT2D eigenvalue weighted by atomic mass is 10.0. The van der Waals surface area contributed by atoms with Crippen LogP contribution in [-0.4, -0.2) is 12.9 Å². The minimum atomic E-state index is -0.120. The quantitative estimate of drug-likeness (QED) is 0.673. The number of rotatable bonds is 3. The van der Waals surface area contributed by atoms with Crippen LogP contribution in [0.4, 0.5) is 0 Å². The van der Waals surface area contributed by atoms with Gasteiger partial charge in [0, 0.05) is 10.9 Å². The number of fused-ring (bicyclic) bond motifs is 1. The average Bonchev–Trinajstić information content (AvgIpc) is 2.91. The molecule has 3 nitrogen and oxygen atoms in total. The second kappa shape index (κ2) is 5.02. The molecule has 2 aromatic carbocycles. The molecule has 0 aliphatic carbocycles. The van der Waals surface area contributed by atoms with E-state index in [1.54, 1.807) is 18.2 Å². The summed E-state index contributed by atoms with van der Waals surface area (Å²) in [7, 11) is 1.52. The van der Waals surface area contributed by atoms with E-state index in [4.69, 9.17) is 20.8 Å². The number of hydrogen-bond donors (Lipinski definition) is 0. The van der Waals surface area contributed by atoms with Gasteiger partial charge in [-0.25, -0.2) is 0 Å². The number of benzene rings is 2. The molecule has 0 spiro atoms. The van der Waals surface area contributed by atoms with E-state index in [0.717, 1.165) is 5.39 Å². The molecule has 0 fully saturated rings. The van der Waals surface area contributed by atoms with Gasteiger partial charge in [-0.15, -0.1) is 0 Å². The van der Waals surface area contributed by atoms with Crippen molar-refractivity contribution in [2.75, 3.05) is 7.11 Å². The first-order valence-corrected chi connectivity index (χ1v) is 6.43. The van der Waals surface area contributed by atoms with Gasteiger partial charge in [0.1, 0.15) is 17.6 Å². The monoisotopic (exact) mass is 286 g/mol. The van der Waals surface area contributed by atoms with Crippen molar-refractivity contribution in [3.8, 4) is 5.75 Å². The molecule has 0 unspecified atom stereocenters. The third kappa shape index (κ3) is 2.06. The lowest BCUT2D eigenvalue weighted by Crippen LogP contribution is -2.00. The minimum Gasteiger partial charge on any atom is -0.495 e. The van der Waals surface area contributed by atoms with Crippen LogP contribution in [0, 0.1) is 0 Å². The fourth-order valence-corrected chi connectivity index (χ4v) is 2.30. The highest BCUT2D eigenvalue weighted by Crippen LogP contribution is 2.28. The van der Waals surface area contributed by atoms with Crippen molar-refractivity contribution in [1.29, 1.82) is 0 Å². The highest BCUT2D eigenvalue weighted by molar-refractivity contribution is 6.32. The predicted octanol–water partition coefficient (Wildman–Crippen LogP) is 4.33. The number of ketones is 1. The number of carbonyl (C=O) groups is 1. The van der Waals surface area contributed by atoms with Crippen LogP contribution in [0.15, 0.2) is 53.1 Å². The number of halogens is 1. The van der Waals surface area contributed by atoms with Gasteiger partial charge in [0.25, 0.3) is 0 Å². The number of furan rings is 1. The molecule has 20 heavy (non-hydrogen) atoms. The Morgan fingerprint density at radius 3 is 2.80 bits per heavy atom. The zero-order valence-electron chi connectivity index (χ0n) is 10.7. The Bertz CT molecular complexity index is 789. The second-order valence-electron chi connectivity index (χ2n) is 4.32. The number of para-hydroxylation sites is 1. The van der Waals surface area contributed by atoms with E-state index in [2.05, 4.69) is 0 Å². The van der Waals surface area contributed by atoms with Gasteiger partial charge in [-0.05, 0) is 24.3 Å². The Morgan fingerprint density at radius 2 is 2.00 bits per heavy atom. The summed E-state index contributed by atoms with van der Waals surface area (Å²) in [6.45, 7) is 0. The lowest BCUT2D eigenvalue weighted by molar-refractivity contribution is 0.103. The van der Waals surface area contributed by atoms with Crippen LogP contribution in [0.5, 0.6) is 5.75 Å². The van der Waals surface area contributed by atoms with Crippen molar-refractivity contribution >= 4 is 28.4 Å². The minimum absolute atomic E-state index is 0.120. The highest BCUT2D eigenvalue weighted by Gasteiger charge is 2.16. The first-order chi connectivity index (χ1) is 9.70. The van der Waals surface area contributed by atoms with Gasteiger partial charge in [0.05, 0.1) is 17.7 Å². The number of ether oxygens (including phenoxy) is 1. The molecular weight excluding hydrogens is 276 g/mol. The number of methoxy groups -OCH3 is 1. The normalized spacial score (nSPS) is 10.7. The zero-order chi connectivity index (χ0) is 14.1. The molecule has 0 radical (unpaired) electrons. The van der Waals surface area contributed by atoms with Gasteiger partial charge in [0.2, 0.25) is 0 Å². The van der Waals surface area contributed by atoms with Gasteiger partial charge in [-0.1, -0.05) is 29.8 Å². The first kappa shape index (κ1) is 12.8. The van der Waals surface area contributed by atoms with Crippen molar-refractivity contribution in [2.24, 2.45) is 0 Å². The van der Waals surface area contributed by atoms with Crippen LogP contribution in [-0.2, 0) is 0 Å². The van der Waals surface area contributed by atoms with E-state index in [1.165, 1.54) is 13.4 Å². The summed E-state index contributed by atoms with van der Waals surface area (Å²) in [5.41, 5.74) is 1.74. The van der Waals surface area contributed by atoms with E-state index < -0.39 is 0 Å². The zero-order valence-corrected chi connectivity index (χ0v) is 11.5. The molecule has 0 bridgehead atoms. The molecule has 1 heterocycles. The first-order valence-electron chi connectivity index (χ1n) is 6.05.